The monoisotopic (exact) mass is 331 g/mol. The number of benzene rings is 2. The molecule has 2 aromatic carbocycles. The third kappa shape index (κ3) is 3.10. The van der Waals surface area contributed by atoms with Crippen molar-refractivity contribution in [1.82, 2.24) is 4.98 Å². The Morgan fingerprint density at radius 1 is 1.04 bits per heavy atom. The van der Waals surface area contributed by atoms with Crippen LogP contribution in [0.15, 0.2) is 48.7 Å². The first-order chi connectivity index (χ1) is 11.4. The van der Waals surface area contributed by atoms with E-state index in [1.165, 1.54) is 24.4 Å². The van der Waals surface area contributed by atoms with Gasteiger partial charge in [-0.2, -0.15) is 0 Å². The van der Waals surface area contributed by atoms with Gasteiger partial charge in [-0.1, -0.05) is 6.07 Å². The lowest BCUT2D eigenvalue weighted by Crippen LogP contribution is -2.03. The molecule has 0 radical (unpaired) electrons. The highest BCUT2D eigenvalue weighted by molar-refractivity contribution is 5.80. The summed E-state index contributed by atoms with van der Waals surface area (Å²) in [6.45, 7) is 0. The summed E-state index contributed by atoms with van der Waals surface area (Å²) in [4.78, 5) is 4.29. The fraction of sp³-hybridized carbons (Fsp3) is 0. The number of halogens is 3. The van der Waals surface area contributed by atoms with Gasteiger partial charge >= 0.3 is 0 Å². The molecule has 0 saturated heterocycles. The first kappa shape index (κ1) is 15.7. The summed E-state index contributed by atoms with van der Waals surface area (Å²) in [6, 6.07) is 9.30. The maximum atomic E-state index is 13.3. The van der Waals surface area contributed by atoms with Gasteiger partial charge < -0.3 is 16.2 Å². The van der Waals surface area contributed by atoms with E-state index in [1.807, 2.05) is 0 Å². The number of nitrogens with one attached hydrogen (secondary N) is 1. The van der Waals surface area contributed by atoms with Crippen LogP contribution in [0.5, 0.6) is 5.75 Å². The van der Waals surface area contributed by atoms with Crippen LogP contribution in [0.3, 0.4) is 0 Å². The van der Waals surface area contributed by atoms with Crippen molar-refractivity contribution >= 4 is 22.3 Å². The van der Waals surface area contributed by atoms with Crippen LogP contribution in [-0.2, 0) is 0 Å². The standard InChI is InChI=1S/C17H12F3N3O/c18-10-2-4-15-9(5-10)1-3-16(23-15)14(21)8-22-11-6-12(19)17(24)13(20)7-11/h1-8,22,24H,21H2/b14-8-. The fourth-order valence-corrected chi connectivity index (χ4v) is 2.14. The summed E-state index contributed by atoms with van der Waals surface area (Å²) >= 11 is 0. The number of aromatic nitrogens is 1. The number of fused-ring (bicyclic) bond motifs is 1. The second kappa shape index (κ2) is 6.11. The molecule has 0 aliphatic carbocycles. The summed E-state index contributed by atoms with van der Waals surface area (Å²) in [7, 11) is 0. The SMILES string of the molecule is N/C(=C\Nc1cc(F)c(O)c(F)c1)c1ccc2cc(F)ccc2n1. The van der Waals surface area contributed by atoms with Gasteiger partial charge in [0, 0.05) is 29.4 Å². The van der Waals surface area contributed by atoms with Crippen molar-refractivity contribution in [3.8, 4) is 5.75 Å². The van der Waals surface area contributed by atoms with E-state index in [0.717, 1.165) is 12.1 Å². The third-order valence-corrected chi connectivity index (χ3v) is 3.36. The van der Waals surface area contributed by atoms with Gasteiger partial charge in [-0.15, -0.1) is 0 Å². The molecule has 1 heterocycles. The summed E-state index contributed by atoms with van der Waals surface area (Å²) in [5.74, 6) is -3.58. The van der Waals surface area contributed by atoms with Crippen molar-refractivity contribution in [2.24, 2.45) is 5.73 Å². The number of aromatic hydroxyl groups is 1. The van der Waals surface area contributed by atoms with Crippen LogP contribution in [0.4, 0.5) is 18.9 Å². The number of nitrogens with zero attached hydrogens (tertiary/aromatic N) is 1. The van der Waals surface area contributed by atoms with Gasteiger partial charge in [0.15, 0.2) is 17.4 Å². The lowest BCUT2D eigenvalue weighted by atomic mass is 10.2. The van der Waals surface area contributed by atoms with Crippen molar-refractivity contribution in [3.63, 3.8) is 0 Å². The van der Waals surface area contributed by atoms with Crippen molar-refractivity contribution < 1.29 is 18.3 Å². The summed E-state index contributed by atoms with van der Waals surface area (Å²) in [6.07, 6.45) is 1.32. The molecule has 0 unspecified atom stereocenters. The molecular weight excluding hydrogens is 319 g/mol. The molecule has 0 amide bonds. The largest absolute Gasteiger partial charge is 0.503 e. The number of phenols is 1. The first-order valence-corrected chi connectivity index (χ1v) is 6.91. The number of pyridine rings is 1. The average molecular weight is 331 g/mol. The predicted molar refractivity (Wildman–Crippen MR) is 85.5 cm³/mol. The van der Waals surface area contributed by atoms with Crippen molar-refractivity contribution in [3.05, 3.63) is 71.8 Å². The number of hydrogen-bond donors (Lipinski definition) is 3. The summed E-state index contributed by atoms with van der Waals surface area (Å²) in [5.41, 5.74) is 7.17. The van der Waals surface area contributed by atoms with Crippen molar-refractivity contribution in [2.75, 3.05) is 5.32 Å². The molecule has 4 nitrogen and oxygen atoms in total. The van der Waals surface area contributed by atoms with E-state index in [9.17, 15) is 13.2 Å². The Balaban J connectivity index is 1.87. The number of phenolic OH excluding ortho intramolecular Hbond substituents is 1. The molecule has 3 rings (SSSR count). The van der Waals surface area contributed by atoms with Gasteiger partial charge in [0.1, 0.15) is 5.82 Å². The molecule has 0 bridgehead atoms. The van der Waals surface area contributed by atoms with E-state index in [0.29, 0.717) is 16.6 Å². The first-order valence-electron chi connectivity index (χ1n) is 6.91. The van der Waals surface area contributed by atoms with Crippen molar-refractivity contribution in [2.45, 2.75) is 0 Å². The van der Waals surface area contributed by atoms with Gasteiger partial charge in [-0.3, -0.25) is 0 Å². The Labute approximate surface area is 135 Å². The van der Waals surface area contributed by atoms with Crippen LogP contribution < -0.4 is 11.1 Å². The summed E-state index contributed by atoms with van der Waals surface area (Å²) in [5, 5.41) is 12.3. The highest BCUT2D eigenvalue weighted by Crippen LogP contribution is 2.24. The highest BCUT2D eigenvalue weighted by Gasteiger charge is 2.09. The molecule has 0 atom stereocenters. The van der Waals surface area contributed by atoms with E-state index in [4.69, 9.17) is 10.8 Å². The molecule has 1 aromatic heterocycles. The minimum absolute atomic E-state index is 0.0774. The minimum atomic E-state index is -1.09. The molecule has 7 heteroatoms. The molecule has 0 saturated carbocycles. The molecule has 0 aliphatic rings. The quantitative estimate of drug-likeness (QED) is 0.640. The van der Waals surface area contributed by atoms with E-state index in [1.54, 1.807) is 12.1 Å². The fourth-order valence-electron chi connectivity index (χ4n) is 2.14. The van der Waals surface area contributed by atoms with E-state index >= 15 is 0 Å². The topological polar surface area (TPSA) is 71.2 Å². The van der Waals surface area contributed by atoms with E-state index in [-0.39, 0.29) is 17.2 Å². The molecule has 4 N–H and O–H groups in total. The molecule has 0 spiro atoms. The van der Waals surface area contributed by atoms with Gasteiger partial charge in [-0.25, -0.2) is 18.2 Å². The predicted octanol–water partition coefficient (Wildman–Crippen LogP) is 3.73. The van der Waals surface area contributed by atoms with Crippen LogP contribution in [0.1, 0.15) is 5.69 Å². The second-order valence-electron chi connectivity index (χ2n) is 5.07. The van der Waals surface area contributed by atoms with Gasteiger partial charge in [0.05, 0.1) is 16.9 Å². The number of anilines is 1. The third-order valence-electron chi connectivity index (χ3n) is 3.36. The average Bonchev–Trinajstić information content (AvgIpc) is 2.56. The minimum Gasteiger partial charge on any atom is -0.503 e. The Hall–Kier alpha value is -3.22. The highest BCUT2D eigenvalue weighted by atomic mass is 19.1. The number of hydrogen-bond acceptors (Lipinski definition) is 4. The van der Waals surface area contributed by atoms with Crippen LogP contribution in [0.25, 0.3) is 16.6 Å². The van der Waals surface area contributed by atoms with E-state index < -0.39 is 17.4 Å². The van der Waals surface area contributed by atoms with Gasteiger partial charge in [0.2, 0.25) is 0 Å². The Morgan fingerprint density at radius 3 is 2.46 bits per heavy atom. The van der Waals surface area contributed by atoms with Crippen molar-refractivity contribution in [1.29, 1.82) is 0 Å². The normalized spacial score (nSPS) is 11.7. The van der Waals surface area contributed by atoms with Crippen LogP contribution in [0.2, 0.25) is 0 Å². The number of nitrogens with two attached hydrogens (primary N) is 1. The zero-order valence-electron chi connectivity index (χ0n) is 12.2. The van der Waals surface area contributed by atoms with Gasteiger partial charge in [0.25, 0.3) is 0 Å². The Kier molecular flexibility index (Phi) is 3.99. The molecule has 3 aromatic rings. The Bertz CT molecular complexity index is 934. The second-order valence-corrected chi connectivity index (χ2v) is 5.07. The van der Waals surface area contributed by atoms with Crippen LogP contribution in [0, 0.1) is 17.5 Å². The lowest BCUT2D eigenvalue weighted by molar-refractivity contribution is 0.396. The smallest absolute Gasteiger partial charge is 0.187 e. The maximum absolute atomic E-state index is 13.3. The molecular formula is C17H12F3N3O. The zero-order valence-corrected chi connectivity index (χ0v) is 12.2. The lowest BCUT2D eigenvalue weighted by Gasteiger charge is -2.07. The molecule has 0 fully saturated rings. The summed E-state index contributed by atoms with van der Waals surface area (Å²) < 4.78 is 39.7. The molecule has 24 heavy (non-hydrogen) atoms. The number of rotatable bonds is 3. The van der Waals surface area contributed by atoms with E-state index in [2.05, 4.69) is 10.3 Å². The van der Waals surface area contributed by atoms with Crippen LogP contribution in [-0.4, -0.2) is 10.1 Å². The maximum Gasteiger partial charge on any atom is 0.187 e. The van der Waals surface area contributed by atoms with Gasteiger partial charge in [-0.05, 0) is 24.3 Å². The molecule has 122 valence electrons. The molecule has 0 aliphatic heterocycles. The Morgan fingerprint density at radius 2 is 1.75 bits per heavy atom. The zero-order chi connectivity index (χ0) is 17.3. The van der Waals surface area contributed by atoms with Crippen LogP contribution >= 0.6 is 0 Å².